The van der Waals surface area contributed by atoms with Crippen molar-refractivity contribution < 1.29 is 4.74 Å². The van der Waals surface area contributed by atoms with Gasteiger partial charge in [-0.25, -0.2) is 0 Å². The highest BCUT2D eigenvalue weighted by Crippen LogP contribution is 1.99. The molecule has 0 atom stereocenters. The van der Waals surface area contributed by atoms with Crippen LogP contribution >= 0.6 is 0 Å². The number of likely N-dealkylation sites (N-methyl/N-ethyl adjacent to an activating group) is 1. The number of rotatable bonds is 7. The molecule has 0 amide bonds. The fraction of sp³-hybridized carbons (Fsp3) is 0.333. The normalized spacial score (nSPS) is 12.4. The first-order chi connectivity index (χ1) is 6.78. The monoisotopic (exact) mass is 193 g/mol. The highest BCUT2D eigenvalue weighted by molar-refractivity contribution is 5.28. The van der Waals surface area contributed by atoms with E-state index in [4.69, 9.17) is 4.74 Å². The van der Waals surface area contributed by atoms with E-state index in [-0.39, 0.29) is 0 Å². The summed E-state index contributed by atoms with van der Waals surface area (Å²) >= 11 is 0. The van der Waals surface area contributed by atoms with Gasteiger partial charge in [0.05, 0.1) is 6.61 Å². The number of ether oxygens (including phenoxy) is 1. The molecular formula is C12H19NO. The SMILES string of the molecule is C=C/C(=C\C=C(/C=C)NCC)COC. The number of methoxy groups -OCH3 is 1. The van der Waals surface area contributed by atoms with Crippen molar-refractivity contribution in [1.29, 1.82) is 0 Å². The Morgan fingerprint density at radius 2 is 2.00 bits per heavy atom. The van der Waals surface area contributed by atoms with Crippen LogP contribution in [0.25, 0.3) is 0 Å². The Kier molecular flexibility index (Phi) is 7.56. The van der Waals surface area contributed by atoms with E-state index in [1.807, 2.05) is 19.1 Å². The first kappa shape index (κ1) is 12.7. The minimum absolute atomic E-state index is 0.580. The van der Waals surface area contributed by atoms with Gasteiger partial charge >= 0.3 is 0 Å². The molecular weight excluding hydrogens is 174 g/mol. The maximum Gasteiger partial charge on any atom is 0.0712 e. The van der Waals surface area contributed by atoms with E-state index in [2.05, 4.69) is 18.5 Å². The molecule has 2 heteroatoms. The summed E-state index contributed by atoms with van der Waals surface area (Å²) in [5, 5.41) is 3.18. The van der Waals surface area contributed by atoms with E-state index < -0.39 is 0 Å². The Morgan fingerprint density at radius 3 is 2.43 bits per heavy atom. The van der Waals surface area contributed by atoms with Gasteiger partial charge in [-0.2, -0.15) is 0 Å². The van der Waals surface area contributed by atoms with Crippen LogP contribution in [0.2, 0.25) is 0 Å². The van der Waals surface area contributed by atoms with Gasteiger partial charge < -0.3 is 10.1 Å². The zero-order valence-corrected chi connectivity index (χ0v) is 9.05. The third kappa shape index (κ3) is 5.38. The van der Waals surface area contributed by atoms with E-state index in [1.165, 1.54) is 0 Å². The zero-order chi connectivity index (χ0) is 10.8. The summed E-state index contributed by atoms with van der Waals surface area (Å²) in [5.41, 5.74) is 2.05. The molecule has 78 valence electrons. The molecule has 0 rings (SSSR count). The predicted octanol–water partition coefficient (Wildman–Crippen LogP) is 2.42. The van der Waals surface area contributed by atoms with Gasteiger partial charge in [0.25, 0.3) is 0 Å². The van der Waals surface area contributed by atoms with Gasteiger partial charge in [-0.15, -0.1) is 0 Å². The molecule has 0 aliphatic heterocycles. The second-order valence-corrected chi connectivity index (χ2v) is 2.74. The average Bonchev–Trinajstić information content (AvgIpc) is 2.22. The van der Waals surface area contributed by atoms with E-state index in [0.717, 1.165) is 17.8 Å². The number of nitrogens with one attached hydrogen (secondary N) is 1. The summed E-state index contributed by atoms with van der Waals surface area (Å²) in [6, 6.07) is 0. The van der Waals surface area contributed by atoms with E-state index in [0.29, 0.717) is 6.61 Å². The molecule has 0 saturated heterocycles. The Bertz CT molecular complexity index is 213. The smallest absolute Gasteiger partial charge is 0.0712 e. The maximum atomic E-state index is 5.01. The van der Waals surface area contributed by atoms with Gasteiger partial charge in [-0.3, -0.25) is 0 Å². The first-order valence-corrected chi connectivity index (χ1v) is 4.67. The molecule has 0 aliphatic carbocycles. The molecule has 1 N–H and O–H groups in total. The highest BCUT2D eigenvalue weighted by atomic mass is 16.5. The molecule has 14 heavy (non-hydrogen) atoms. The van der Waals surface area contributed by atoms with Crippen molar-refractivity contribution in [3.05, 3.63) is 48.7 Å². The van der Waals surface area contributed by atoms with E-state index in [9.17, 15) is 0 Å². The third-order valence-electron chi connectivity index (χ3n) is 1.65. The molecule has 0 saturated carbocycles. The summed E-state index contributed by atoms with van der Waals surface area (Å²) in [5.74, 6) is 0. The fourth-order valence-electron chi connectivity index (χ4n) is 0.942. The van der Waals surface area contributed by atoms with Crippen molar-refractivity contribution in [3.63, 3.8) is 0 Å². The average molecular weight is 193 g/mol. The lowest BCUT2D eigenvalue weighted by Gasteiger charge is -2.02. The molecule has 0 unspecified atom stereocenters. The standard InChI is InChI=1S/C12H19NO/c1-5-11(10-14-4)8-9-12(6-2)13-7-3/h5-6,8-9,13H,1-2,7,10H2,3-4H3/b11-8+,12-9+. The van der Waals surface area contributed by atoms with Crippen LogP contribution in [0.3, 0.4) is 0 Å². The van der Waals surface area contributed by atoms with Gasteiger partial charge in [-0.1, -0.05) is 25.3 Å². The molecule has 0 aromatic heterocycles. The van der Waals surface area contributed by atoms with Gasteiger partial charge in [-0.05, 0) is 24.6 Å². The summed E-state index contributed by atoms with van der Waals surface area (Å²) < 4.78 is 5.01. The quantitative estimate of drug-likeness (QED) is 0.627. The molecule has 0 aliphatic rings. The maximum absolute atomic E-state index is 5.01. The predicted molar refractivity (Wildman–Crippen MR) is 62.1 cm³/mol. The van der Waals surface area contributed by atoms with Crippen LogP contribution in [0.5, 0.6) is 0 Å². The molecule has 0 aromatic rings. The number of allylic oxidation sites excluding steroid dienone is 3. The summed E-state index contributed by atoms with van der Waals surface area (Å²) in [7, 11) is 1.67. The van der Waals surface area contributed by atoms with Gasteiger partial charge in [0.2, 0.25) is 0 Å². The molecule has 0 aromatic carbocycles. The van der Waals surface area contributed by atoms with Gasteiger partial charge in [0, 0.05) is 19.4 Å². The Hall–Kier alpha value is -1.28. The summed E-state index contributed by atoms with van der Waals surface area (Å²) in [6.07, 6.45) is 7.50. The first-order valence-electron chi connectivity index (χ1n) is 4.67. The van der Waals surface area contributed by atoms with Gasteiger partial charge in [0.15, 0.2) is 0 Å². The second-order valence-electron chi connectivity index (χ2n) is 2.74. The van der Waals surface area contributed by atoms with Crippen molar-refractivity contribution in [3.8, 4) is 0 Å². The minimum Gasteiger partial charge on any atom is -0.385 e. The lowest BCUT2D eigenvalue weighted by atomic mass is 10.2. The van der Waals surface area contributed by atoms with Crippen molar-refractivity contribution in [2.45, 2.75) is 6.92 Å². The van der Waals surface area contributed by atoms with Gasteiger partial charge in [0.1, 0.15) is 0 Å². The van der Waals surface area contributed by atoms with Crippen LogP contribution in [0.1, 0.15) is 6.92 Å². The number of hydrogen-bond acceptors (Lipinski definition) is 2. The largest absolute Gasteiger partial charge is 0.385 e. The van der Waals surface area contributed by atoms with Crippen LogP contribution in [0.15, 0.2) is 48.7 Å². The van der Waals surface area contributed by atoms with Crippen LogP contribution in [0, 0.1) is 0 Å². The molecule has 0 fully saturated rings. The number of hydrogen-bond donors (Lipinski definition) is 1. The Labute approximate surface area is 86.7 Å². The second kappa shape index (κ2) is 8.32. The van der Waals surface area contributed by atoms with Crippen LogP contribution in [0.4, 0.5) is 0 Å². The van der Waals surface area contributed by atoms with Crippen molar-refractivity contribution in [2.75, 3.05) is 20.3 Å². The minimum atomic E-state index is 0.580. The fourth-order valence-corrected chi connectivity index (χ4v) is 0.942. The van der Waals surface area contributed by atoms with E-state index in [1.54, 1.807) is 19.3 Å². The van der Waals surface area contributed by atoms with E-state index >= 15 is 0 Å². The van der Waals surface area contributed by atoms with Crippen molar-refractivity contribution >= 4 is 0 Å². The highest BCUT2D eigenvalue weighted by Gasteiger charge is 1.89. The molecule has 0 bridgehead atoms. The third-order valence-corrected chi connectivity index (χ3v) is 1.65. The van der Waals surface area contributed by atoms with Crippen LogP contribution in [-0.4, -0.2) is 20.3 Å². The molecule has 2 nitrogen and oxygen atoms in total. The Balaban J connectivity index is 4.43. The summed E-state index contributed by atoms with van der Waals surface area (Å²) in [6.45, 7) is 10.9. The molecule has 0 spiro atoms. The van der Waals surface area contributed by atoms with Crippen LogP contribution in [-0.2, 0) is 4.74 Å². The molecule has 0 heterocycles. The lowest BCUT2D eigenvalue weighted by molar-refractivity contribution is 0.228. The summed E-state index contributed by atoms with van der Waals surface area (Å²) in [4.78, 5) is 0. The van der Waals surface area contributed by atoms with Crippen molar-refractivity contribution in [2.24, 2.45) is 0 Å². The zero-order valence-electron chi connectivity index (χ0n) is 9.05. The lowest BCUT2D eigenvalue weighted by Crippen LogP contribution is -2.09. The van der Waals surface area contributed by atoms with Crippen LogP contribution < -0.4 is 5.32 Å². The molecule has 0 radical (unpaired) electrons. The Morgan fingerprint density at radius 1 is 1.29 bits per heavy atom. The topological polar surface area (TPSA) is 21.3 Å². The van der Waals surface area contributed by atoms with Crippen molar-refractivity contribution in [1.82, 2.24) is 5.32 Å².